The first-order valence-electron chi connectivity index (χ1n) is 10.3. The van der Waals surface area contributed by atoms with E-state index in [-0.39, 0.29) is 11.7 Å². The number of amides is 1. The number of aromatic nitrogens is 4. The lowest BCUT2D eigenvalue weighted by Gasteiger charge is -2.21. The van der Waals surface area contributed by atoms with Gasteiger partial charge in [-0.15, -0.1) is 10.2 Å². The van der Waals surface area contributed by atoms with Crippen LogP contribution >= 0.6 is 0 Å². The average Bonchev–Trinajstić information content (AvgIpc) is 3.11. The lowest BCUT2D eigenvalue weighted by atomic mass is 10.1. The van der Waals surface area contributed by atoms with E-state index >= 15 is 0 Å². The zero-order valence-electron chi connectivity index (χ0n) is 18.1. The summed E-state index contributed by atoms with van der Waals surface area (Å²) in [6.45, 7) is 3.31. The molecule has 0 unspecified atom stereocenters. The van der Waals surface area contributed by atoms with Crippen LogP contribution in [0.25, 0.3) is 0 Å². The summed E-state index contributed by atoms with van der Waals surface area (Å²) in [7, 11) is 3.04. The maximum absolute atomic E-state index is 12.3. The molecule has 0 saturated heterocycles. The number of nitrogens with zero attached hydrogens (tertiary/aromatic N) is 5. The van der Waals surface area contributed by atoms with E-state index in [9.17, 15) is 9.90 Å². The number of carbonyl (C=O) groups is 1. The fourth-order valence-electron chi connectivity index (χ4n) is 3.78. The van der Waals surface area contributed by atoms with Crippen molar-refractivity contribution in [1.29, 1.82) is 0 Å². The van der Waals surface area contributed by atoms with Gasteiger partial charge in [-0.25, -0.2) is 0 Å². The van der Waals surface area contributed by atoms with Crippen LogP contribution in [0.4, 0.5) is 0 Å². The Kier molecular flexibility index (Phi) is 6.50. The third kappa shape index (κ3) is 4.65. The predicted molar refractivity (Wildman–Crippen MR) is 116 cm³/mol. The standard InChI is InChI=1S/C22H26N6O4/c1-31-17-11-15(12-18(32-2)21(17)29)14-27-8-5-19-25-26-20(28(19)10-9-27)13-24-22(30)16-3-6-23-7-4-16/h3-4,6-7,11-12,29H,5,8-10,13-14H2,1-2H3,(H,24,30). The molecule has 1 aliphatic rings. The third-order valence-electron chi connectivity index (χ3n) is 5.49. The van der Waals surface area contributed by atoms with Gasteiger partial charge >= 0.3 is 0 Å². The number of phenolic OH excluding ortho intramolecular Hbond substituents is 1. The minimum Gasteiger partial charge on any atom is -0.502 e. The highest BCUT2D eigenvalue weighted by atomic mass is 16.5. The van der Waals surface area contributed by atoms with Gasteiger partial charge in [0.25, 0.3) is 5.91 Å². The summed E-state index contributed by atoms with van der Waals surface area (Å²) in [6.07, 6.45) is 3.93. The maximum atomic E-state index is 12.3. The lowest BCUT2D eigenvalue weighted by molar-refractivity contribution is 0.0949. The minimum absolute atomic E-state index is 0.000665. The summed E-state index contributed by atoms with van der Waals surface area (Å²) >= 11 is 0. The third-order valence-corrected chi connectivity index (χ3v) is 5.49. The van der Waals surface area contributed by atoms with E-state index in [1.807, 2.05) is 12.1 Å². The first-order chi connectivity index (χ1) is 15.6. The van der Waals surface area contributed by atoms with E-state index in [4.69, 9.17) is 9.47 Å². The van der Waals surface area contributed by atoms with Crippen molar-refractivity contribution in [2.75, 3.05) is 27.3 Å². The van der Waals surface area contributed by atoms with Gasteiger partial charge in [0.15, 0.2) is 17.3 Å². The number of phenols is 1. The van der Waals surface area contributed by atoms with Crippen LogP contribution in [0.1, 0.15) is 27.6 Å². The summed E-state index contributed by atoms with van der Waals surface area (Å²) in [5, 5.41) is 21.6. The molecule has 1 aliphatic heterocycles. The van der Waals surface area contributed by atoms with E-state index in [2.05, 4.69) is 30.0 Å². The van der Waals surface area contributed by atoms with E-state index in [0.717, 1.165) is 43.3 Å². The number of hydrogen-bond donors (Lipinski definition) is 2. The van der Waals surface area contributed by atoms with Crippen LogP contribution in [-0.2, 0) is 26.1 Å². The van der Waals surface area contributed by atoms with Gasteiger partial charge in [0.1, 0.15) is 5.82 Å². The molecule has 0 radical (unpaired) electrons. The Hall–Kier alpha value is -3.66. The van der Waals surface area contributed by atoms with Crippen molar-refractivity contribution >= 4 is 5.91 Å². The highest BCUT2D eigenvalue weighted by Crippen LogP contribution is 2.37. The molecule has 1 aromatic carbocycles. The van der Waals surface area contributed by atoms with E-state index in [1.54, 1.807) is 24.5 Å². The van der Waals surface area contributed by atoms with Crippen LogP contribution in [0.5, 0.6) is 17.2 Å². The summed E-state index contributed by atoms with van der Waals surface area (Å²) < 4.78 is 12.6. The van der Waals surface area contributed by atoms with Crippen LogP contribution in [0.3, 0.4) is 0 Å². The molecular formula is C22H26N6O4. The molecule has 10 heteroatoms. The Bertz CT molecular complexity index is 1060. The van der Waals surface area contributed by atoms with E-state index < -0.39 is 0 Å². The Morgan fingerprint density at radius 1 is 1.09 bits per heavy atom. The van der Waals surface area contributed by atoms with Crippen LogP contribution in [0, 0.1) is 0 Å². The molecule has 10 nitrogen and oxygen atoms in total. The molecule has 32 heavy (non-hydrogen) atoms. The Morgan fingerprint density at radius 2 is 1.81 bits per heavy atom. The van der Waals surface area contributed by atoms with Gasteiger partial charge in [-0.2, -0.15) is 0 Å². The normalized spacial score (nSPS) is 13.8. The Morgan fingerprint density at radius 3 is 2.50 bits per heavy atom. The fraction of sp³-hybridized carbons (Fsp3) is 0.364. The number of pyridine rings is 1. The lowest BCUT2D eigenvalue weighted by Crippen LogP contribution is -2.28. The van der Waals surface area contributed by atoms with E-state index in [1.165, 1.54) is 14.2 Å². The van der Waals surface area contributed by atoms with Crippen molar-refractivity contribution < 1.29 is 19.4 Å². The summed E-state index contributed by atoms with van der Waals surface area (Å²) in [5.74, 6) is 2.24. The number of methoxy groups -OCH3 is 2. The quantitative estimate of drug-likeness (QED) is 0.569. The molecule has 0 atom stereocenters. The van der Waals surface area contributed by atoms with Gasteiger partial charge < -0.3 is 24.5 Å². The van der Waals surface area contributed by atoms with Crippen molar-refractivity contribution in [1.82, 2.24) is 30.0 Å². The number of ether oxygens (including phenoxy) is 2. The number of fused-ring (bicyclic) bond motifs is 1. The molecule has 3 aromatic rings. The van der Waals surface area contributed by atoms with Gasteiger partial charge in [0.2, 0.25) is 5.75 Å². The van der Waals surface area contributed by atoms with Gasteiger partial charge in [-0.05, 0) is 29.8 Å². The van der Waals surface area contributed by atoms with E-state index in [0.29, 0.717) is 30.2 Å². The van der Waals surface area contributed by atoms with Crippen molar-refractivity contribution in [2.24, 2.45) is 0 Å². The van der Waals surface area contributed by atoms with Gasteiger partial charge in [0, 0.05) is 50.6 Å². The van der Waals surface area contributed by atoms with Crippen LogP contribution < -0.4 is 14.8 Å². The molecule has 0 bridgehead atoms. The second kappa shape index (κ2) is 9.65. The molecule has 0 aliphatic carbocycles. The topological polar surface area (TPSA) is 115 Å². The van der Waals surface area contributed by atoms with Crippen LogP contribution in [-0.4, -0.2) is 63.0 Å². The number of benzene rings is 1. The van der Waals surface area contributed by atoms with Crippen LogP contribution in [0.2, 0.25) is 0 Å². The number of nitrogens with one attached hydrogen (secondary N) is 1. The molecular weight excluding hydrogens is 412 g/mol. The molecule has 3 heterocycles. The fourth-order valence-corrected chi connectivity index (χ4v) is 3.78. The first-order valence-corrected chi connectivity index (χ1v) is 10.3. The highest BCUT2D eigenvalue weighted by molar-refractivity contribution is 5.93. The predicted octanol–water partition coefficient (Wildman–Crippen LogP) is 1.38. The average molecular weight is 438 g/mol. The number of rotatable bonds is 7. The monoisotopic (exact) mass is 438 g/mol. The van der Waals surface area contributed by atoms with Crippen LogP contribution in [0.15, 0.2) is 36.7 Å². The zero-order chi connectivity index (χ0) is 22.5. The highest BCUT2D eigenvalue weighted by Gasteiger charge is 2.20. The van der Waals surface area contributed by atoms with Gasteiger partial charge in [-0.1, -0.05) is 0 Å². The minimum atomic E-state index is -0.171. The second-order valence-corrected chi connectivity index (χ2v) is 7.48. The maximum Gasteiger partial charge on any atom is 0.251 e. The summed E-state index contributed by atoms with van der Waals surface area (Å²) in [4.78, 5) is 18.6. The molecule has 4 rings (SSSR count). The molecule has 2 aromatic heterocycles. The smallest absolute Gasteiger partial charge is 0.251 e. The largest absolute Gasteiger partial charge is 0.502 e. The molecule has 1 amide bonds. The summed E-state index contributed by atoms with van der Waals surface area (Å²) in [5.41, 5.74) is 1.54. The van der Waals surface area contributed by atoms with Crippen molar-refractivity contribution in [3.8, 4) is 17.2 Å². The number of aromatic hydroxyl groups is 1. The number of hydrogen-bond acceptors (Lipinski definition) is 8. The molecule has 0 saturated carbocycles. The van der Waals surface area contributed by atoms with Crippen molar-refractivity contribution in [3.05, 3.63) is 59.4 Å². The van der Waals surface area contributed by atoms with Gasteiger partial charge in [-0.3, -0.25) is 14.7 Å². The molecule has 0 spiro atoms. The first kappa shape index (κ1) is 21.6. The second-order valence-electron chi connectivity index (χ2n) is 7.48. The van der Waals surface area contributed by atoms with Crippen molar-refractivity contribution in [3.63, 3.8) is 0 Å². The molecule has 2 N–H and O–H groups in total. The van der Waals surface area contributed by atoms with Crippen molar-refractivity contribution in [2.45, 2.75) is 26.1 Å². The SMILES string of the molecule is COc1cc(CN2CCc3nnc(CNC(=O)c4ccncc4)n3CC2)cc(OC)c1O. The zero-order valence-corrected chi connectivity index (χ0v) is 18.1. The Balaban J connectivity index is 1.40. The molecule has 0 fully saturated rings. The Labute approximate surface area is 185 Å². The summed E-state index contributed by atoms with van der Waals surface area (Å²) in [6, 6.07) is 6.99. The number of carbonyl (C=O) groups excluding carboxylic acids is 1. The van der Waals surface area contributed by atoms with Gasteiger partial charge in [0.05, 0.1) is 20.8 Å². The molecule has 168 valence electrons.